The van der Waals surface area contributed by atoms with Crippen molar-refractivity contribution in [2.45, 2.75) is 12.5 Å². The van der Waals surface area contributed by atoms with Crippen LogP contribution < -0.4 is 0 Å². The minimum absolute atomic E-state index is 0.220. The Morgan fingerprint density at radius 3 is 2.71 bits per heavy atom. The molecule has 3 rings (SSSR count). The van der Waals surface area contributed by atoms with Crippen molar-refractivity contribution >= 4 is 5.91 Å². The third kappa shape index (κ3) is 5.25. The molecule has 7 heteroatoms. The topological polar surface area (TPSA) is 84.1 Å². The van der Waals surface area contributed by atoms with Gasteiger partial charge in [-0.05, 0) is 17.6 Å². The summed E-state index contributed by atoms with van der Waals surface area (Å²) in [6.07, 6.45) is 4.49. The van der Waals surface area contributed by atoms with Gasteiger partial charge in [-0.15, -0.1) is 5.10 Å². The molecule has 1 amide bonds. The second-order valence-electron chi connectivity index (χ2n) is 6.46. The van der Waals surface area contributed by atoms with Gasteiger partial charge in [0, 0.05) is 45.0 Å². The highest BCUT2D eigenvalue weighted by Gasteiger charge is 2.16. The number of aromatic nitrogens is 4. The van der Waals surface area contributed by atoms with Crippen LogP contribution in [0.4, 0.5) is 0 Å². The highest BCUT2D eigenvalue weighted by molar-refractivity contribution is 5.94. The van der Waals surface area contributed by atoms with Crippen LogP contribution in [-0.4, -0.2) is 55.6 Å². The Hall–Kier alpha value is -3.50. The first-order valence-electron chi connectivity index (χ1n) is 8.82. The van der Waals surface area contributed by atoms with Gasteiger partial charge in [-0.2, -0.15) is 9.90 Å². The van der Waals surface area contributed by atoms with Crippen LogP contribution >= 0.6 is 0 Å². The smallest absolute Gasteiger partial charge is 0.255 e. The zero-order valence-corrected chi connectivity index (χ0v) is 15.8. The van der Waals surface area contributed by atoms with Gasteiger partial charge in [-0.1, -0.05) is 36.3 Å². The van der Waals surface area contributed by atoms with Gasteiger partial charge in [0.2, 0.25) is 0 Å². The van der Waals surface area contributed by atoms with Crippen molar-refractivity contribution < 1.29 is 9.90 Å². The fourth-order valence-electron chi connectivity index (χ4n) is 2.73. The molecule has 0 aliphatic rings. The SMILES string of the molecule is CN(CC(O)Cc1ccccc1)C(=O)c1cncc(C#Cc2cnn(C)n2)c1. The lowest BCUT2D eigenvalue weighted by molar-refractivity contribution is 0.0681. The number of benzene rings is 1. The van der Waals surface area contributed by atoms with Crippen LogP contribution in [0.2, 0.25) is 0 Å². The number of carbonyl (C=O) groups is 1. The number of rotatable bonds is 5. The number of nitrogens with zero attached hydrogens (tertiary/aromatic N) is 5. The standard InChI is InChI=1S/C21H21N5O2/c1-25(15-20(27)11-16-6-4-3-5-7-16)21(28)18-10-17(12-22-13-18)8-9-19-14-23-26(2)24-19/h3-7,10,12-14,20,27H,11,15H2,1-2H3. The summed E-state index contributed by atoms with van der Waals surface area (Å²) in [5, 5.41) is 18.3. The van der Waals surface area contributed by atoms with Crippen LogP contribution in [0, 0.1) is 11.8 Å². The minimum atomic E-state index is -0.649. The molecule has 2 heterocycles. The largest absolute Gasteiger partial charge is 0.391 e. The van der Waals surface area contributed by atoms with E-state index in [0.717, 1.165) is 5.56 Å². The summed E-state index contributed by atoms with van der Waals surface area (Å²) in [6.45, 7) is 0.225. The van der Waals surface area contributed by atoms with Gasteiger partial charge in [0.15, 0.2) is 5.69 Å². The van der Waals surface area contributed by atoms with E-state index in [1.54, 1.807) is 32.6 Å². The van der Waals surface area contributed by atoms with Crippen LogP contribution in [0.5, 0.6) is 0 Å². The zero-order chi connectivity index (χ0) is 19.9. The van der Waals surface area contributed by atoms with E-state index >= 15 is 0 Å². The van der Waals surface area contributed by atoms with Gasteiger partial charge < -0.3 is 10.0 Å². The summed E-state index contributed by atoms with van der Waals surface area (Å²) in [6, 6.07) is 11.4. The molecule has 0 saturated heterocycles. The second-order valence-corrected chi connectivity index (χ2v) is 6.46. The second kappa shape index (κ2) is 8.93. The highest BCUT2D eigenvalue weighted by Crippen LogP contribution is 2.08. The van der Waals surface area contributed by atoms with Crippen molar-refractivity contribution in [3.8, 4) is 11.8 Å². The van der Waals surface area contributed by atoms with E-state index < -0.39 is 6.10 Å². The predicted octanol–water partition coefficient (Wildman–Crippen LogP) is 1.29. The van der Waals surface area contributed by atoms with Crippen molar-refractivity contribution in [3.05, 3.63) is 77.4 Å². The highest BCUT2D eigenvalue weighted by atomic mass is 16.3. The molecule has 0 spiro atoms. The minimum Gasteiger partial charge on any atom is -0.391 e. The van der Waals surface area contributed by atoms with Crippen LogP contribution in [0.25, 0.3) is 0 Å². The zero-order valence-electron chi connectivity index (χ0n) is 15.8. The monoisotopic (exact) mass is 375 g/mol. The average Bonchev–Trinajstić information content (AvgIpc) is 3.12. The van der Waals surface area contributed by atoms with Crippen LogP contribution in [0.1, 0.15) is 27.2 Å². The molecule has 1 unspecified atom stereocenters. The number of likely N-dealkylation sites (N-methyl/N-ethyl adjacent to an activating group) is 1. The molecular weight excluding hydrogens is 354 g/mol. The Kier molecular flexibility index (Phi) is 6.14. The first-order valence-corrected chi connectivity index (χ1v) is 8.82. The van der Waals surface area contributed by atoms with Crippen LogP contribution in [0.3, 0.4) is 0 Å². The summed E-state index contributed by atoms with van der Waals surface area (Å²) in [5.74, 6) is 5.60. The number of hydrogen-bond acceptors (Lipinski definition) is 5. The summed E-state index contributed by atoms with van der Waals surface area (Å²) in [5.41, 5.74) is 2.59. The van der Waals surface area contributed by atoms with E-state index in [1.165, 1.54) is 15.9 Å². The van der Waals surface area contributed by atoms with E-state index in [-0.39, 0.29) is 12.5 Å². The van der Waals surface area contributed by atoms with Gasteiger partial charge in [-0.25, -0.2) is 0 Å². The number of aryl methyl sites for hydroxylation is 1. The molecule has 0 radical (unpaired) electrons. The van der Waals surface area contributed by atoms with Crippen LogP contribution in [-0.2, 0) is 13.5 Å². The Balaban J connectivity index is 1.64. The maximum atomic E-state index is 12.7. The Bertz CT molecular complexity index is 1000. The van der Waals surface area contributed by atoms with Gasteiger partial charge >= 0.3 is 0 Å². The lowest BCUT2D eigenvalue weighted by Crippen LogP contribution is -2.35. The fraction of sp³-hybridized carbons (Fsp3) is 0.238. The Morgan fingerprint density at radius 1 is 1.21 bits per heavy atom. The molecule has 142 valence electrons. The molecule has 0 saturated carbocycles. The summed E-state index contributed by atoms with van der Waals surface area (Å²) in [4.78, 5) is 19.7. The lowest BCUT2D eigenvalue weighted by atomic mass is 10.1. The average molecular weight is 375 g/mol. The Labute approximate surface area is 163 Å². The molecule has 2 aromatic heterocycles. The summed E-state index contributed by atoms with van der Waals surface area (Å²) in [7, 11) is 3.38. The quantitative estimate of drug-likeness (QED) is 0.680. The van der Waals surface area contributed by atoms with Gasteiger partial charge in [-0.3, -0.25) is 9.78 Å². The van der Waals surface area contributed by atoms with Gasteiger partial charge in [0.1, 0.15) is 0 Å². The van der Waals surface area contributed by atoms with E-state index in [1.807, 2.05) is 30.3 Å². The lowest BCUT2D eigenvalue weighted by Gasteiger charge is -2.21. The van der Waals surface area contributed by atoms with E-state index in [9.17, 15) is 9.90 Å². The number of hydrogen-bond donors (Lipinski definition) is 1. The van der Waals surface area contributed by atoms with E-state index in [2.05, 4.69) is 27.0 Å². The number of aliphatic hydroxyl groups is 1. The number of amides is 1. The predicted molar refractivity (Wildman–Crippen MR) is 104 cm³/mol. The van der Waals surface area contributed by atoms with E-state index in [4.69, 9.17) is 0 Å². The number of pyridine rings is 1. The van der Waals surface area contributed by atoms with Crippen LogP contribution in [0.15, 0.2) is 55.0 Å². The molecule has 0 bridgehead atoms. The maximum Gasteiger partial charge on any atom is 0.255 e. The molecule has 28 heavy (non-hydrogen) atoms. The first kappa shape index (κ1) is 19.3. The molecule has 1 atom stereocenters. The van der Waals surface area contributed by atoms with Crippen molar-refractivity contribution in [1.29, 1.82) is 0 Å². The van der Waals surface area contributed by atoms with Crippen molar-refractivity contribution in [2.24, 2.45) is 7.05 Å². The van der Waals surface area contributed by atoms with Crippen molar-refractivity contribution in [1.82, 2.24) is 24.9 Å². The van der Waals surface area contributed by atoms with Gasteiger partial charge in [0.05, 0.1) is 17.9 Å². The number of aliphatic hydroxyl groups excluding tert-OH is 1. The molecule has 1 N–H and O–H groups in total. The summed E-state index contributed by atoms with van der Waals surface area (Å²) >= 11 is 0. The molecule has 7 nitrogen and oxygen atoms in total. The summed E-state index contributed by atoms with van der Waals surface area (Å²) < 4.78 is 0. The number of carbonyl (C=O) groups excluding carboxylic acids is 1. The maximum absolute atomic E-state index is 12.7. The third-order valence-corrected chi connectivity index (χ3v) is 4.07. The van der Waals surface area contributed by atoms with Gasteiger partial charge in [0.25, 0.3) is 5.91 Å². The molecule has 0 fully saturated rings. The van der Waals surface area contributed by atoms with Crippen molar-refractivity contribution in [3.63, 3.8) is 0 Å². The molecule has 0 aliphatic heterocycles. The molecular formula is C21H21N5O2. The molecule has 0 aliphatic carbocycles. The van der Waals surface area contributed by atoms with E-state index in [0.29, 0.717) is 23.2 Å². The first-order chi connectivity index (χ1) is 13.5. The Morgan fingerprint density at radius 2 is 2.00 bits per heavy atom. The molecule has 1 aromatic carbocycles. The van der Waals surface area contributed by atoms with Crippen molar-refractivity contribution in [2.75, 3.05) is 13.6 Å². The third-order valence-electron chi connectivity index (χ3n) is 4.07. The fourth-order valence-corrected chi connectivity index (χ4v) is 2.73. The molecule has 3 aromatic rings. The normalized spacial score (nSPS) is 11.4.